The van der Waals surface area contributed by atoms with E-state index in [0.717, 1.165) is 0 Å². The molecule has 0 aliphatic heterocycles. The van der Waals surface area contributed by atoms with E-state index in [1.54, 1.807) is 25.1 Å². The van der Waals surface area contributed by atoms with Crippen molar-refractivity contribution < 1.29 is 28.1 Å². The number of halogens is 1. The Bertz CT molecular complexity index is 809. The van der Waals surface area contributed by atoms with E-state index >= 15 is 0 Å². The summed E-state index contributed by atoms with van der Waals surface area (Å²) in [6, 6.07) is 7.68. The summed E-state index contributed by atoms with van der Waals surface area (Å²) in [5.74, 6) is 0.834. The van der Waals surface area contributed by atoms with E-state index in [9.17, 15) is 9.18 Å². The molecular weight excluding hydrogens is 353 g/mol. The molecule has 146 valence electrons. The fraction of sp³-hybridized carbons (Fsp3) is 0.350. The average Bonchev–Trinajstić information content (AvgIpc) is 2.67. The Labute approximate surface area is 158 Å². The third kappa shape index (κ3) is 4.61. The second-order valence-corrected chi connectivity index (χ2v) is 5.85. The van der Waals surface area contributed by atoms with Gasteiger partial charge in [0, 0.05) is 5.56 Å². The summed E-state index contributed by atoms with van der Waals surface area (Å²) in [7, 11) is 5.94. The maximum atomic E-state index is 13.9. The summed E-state index contributed by atoms with van der Waals surface area (Å²) in [5.41, 5.74) is 1.29. The van der Waals surface area contributed by atoms with Crippen molar-refractivity contribution in [3.63, 3.8) is 0 Å². The van der Waals surface area contributed by atoms with E-state index in [-0.39, 0.29) is 24.1 Å². The number of hydrogen-bond donors (Lipinski definition) is 1. The molecule has 0 fully saturated rings. The second-order valence-electron chi connectivity index (χ2n) is 5.85. The lowest BCUT2D eigenvalue weighted by Gasteiger charge is -2.18. The lowest BCUT2D eigenvalue weighted by Crippen LogP contribution is -2.28. The molecule has 2 aromatic carbocycles. The van der Waals surface area contributed by atoms with Crippen LogP contribution in [0.3, 0.4) is 0 Å². The zero-order valence-corrected chi connectivity index (χ0v) is 16.1. The molecule has 7 heteroatoms. The van der Waals surface area contributed by atoms with Gasteiger partial charge in [-0.05, 0) is 30.7 Å². The molecule has 1 atom stereocenters. The highest BCUT2D eigenvalue weighted by atomic mass is 19.1. The van der Waals surface area contributed by atoms with Crippen molar-refractivity contribution in [1.82, 2.24) is 5.32 Å². The Morgan fingerprint density at radius 3 is 2.15 bits per heavy atom. The summed E-state index contributed by atoms with van der Waals surface area (Å²) >= 11 is 0. The molecule has 27 heavy (non-hydrogen) atoms. The average molecular weight is 377 g/mol. The first-order valence-electron chi connectivity index (χ1n) is 8.35. The van der Waals surface area contributed by atoms with E-state index in [0.29, 0.717) is 28.4 Å². The molecule has 1 N–H and O–H groups in total. The highest BCUT2D eigenvalue weighted by Gasteiger charge is 2.19. The van der Waals surface area contributed by atoms with Crippen molar-refractivity contribution in [3.05, 3.63) is 47.3 Å². The van der Waals surface area contributed by atoms with Gasteiger partial charge >= 0.3 is 0 Å². The molecule has 6 nitrogen and oxygen atoms in total. The number of hydrogen-bond acceptors (Lipinski definition) is 5. The van der Waals surface area contributed by atoms with Crippen molar-refractivity contribution in [2.24, 2.45) is 0 Å². The Balaban J connectivity index is 2.14. The molecule has 1 amide bonds. The number of ether oxygens (including phenoxy) is 4. The summed E-state index contributed by atoms with van der Waals surface area (Å²) in [6.07, 6.45) is 0.0759. The van der Waals surface area contributed by atoms with Crippen LogP contribution < -0.4 is 24.3 Å². The number of rotatable bonds is 8. The minimum absolute atomic E-state index is 0.0759. The Morgan fingerprint density at radius 1 is 0.963 bits per heavy atom. The Morgan fingerprint density at radius 2 is 1.59 bits per heavy atom. The number of carbonyl (C=O) groups is 1. The minimum atomic E-state index is -0.474. The molecular formula is C20H24FNO5. The molecule has 0 aromatic heterocycles. The molecule has 0 saturated heterocycles. The quantitative estimate of drug-likeness (QED) is 0.765. The molecule has 2 aromatic rings. The summed E-state index contributed by atoms with van der Waals surface area (Å²) < 4.78 is 34.7. The number of benzene rings is 2. The van der Waals surface area contributed by atoms with Gasteiger partial charge in [0.1, 0.15) is 0 Å². The number of amides is 1. The van der Waals surface area contributed by atoms with Crippen LogP contribution in [0.1, 0.15) is 24.1 Å². The Kier molecular flexibility index (Phi) is 6.87. The number of carbonyl (C=O) groups excluding carboxylic acids is 1. The van der Waals surface area contributed by atoms with Crippen LogP contribution in [0.25, 0.3) is 0 Å². The van der Waals surface area contributed by atoms with Gasteiger partial charge in [0.05, 0.1) is 40.9 Å². The van der Waals surface area contributed by atoms with E-state index in [4.69, 9.17) is 18.9 Å². The second kappa shape index (κ2) is 9.12. The van der Waals surface area contributed by atoms with Crippen LogP contribution in [0.2, 0.25) is 0 Å². The van der Waals surface area contributed by atoms with Crippen LogP contribution in [-0.2, 0) is 11.2 Å². The number of methoxy groups -OCH3 is 4. The van der Waals surface area contributed by atoms with E-state index in [1.807, 2.05) is 0 Å². The normalized spacial score (nSPS) is 11.5. The van der Waals surface area contributed by atoms with Crippen LogP contribution in [-0.4, -0.2) is 34.3 Å². The van der Waals surface area contributed by atoms with Crippen LogP contribution in [0.5, 0.6) is 23.0 Å². The standard InChI is InChI=1S/C20H24FNO5/c1-12(13-6-8-16(24-2)15(21)10-13)22-18(23)11-14-7-9-17(25-3)20(27-5)19(14)26-4/h6-10,12H,11H2,1-5H3,(H,22,23)/t12-/m0/s1. The fourth-order valence-electron chi connectivity index (χ4n) is 2.80. The number of nitrogens with one attached hydrogen (secondary N) is 1. The van der Waals surface area contributed by atoms with Gasteiger partial charge in [-0.15, -0.1) is 0 Å². The van der Waals surface area contributed by atoms with Crippen molar-refractivity contribution >= 4 is 5.91 Å². The monoisotopic (exact) mass is 377 g/mol. The largest absolute Gasteiger partial charge is 0.494 e. The summed E-state index contributed by atoms with van der Waals surface area (Å²) in [5, 5.41) is 2.85. The van der Waals surface area contributed by atoms with E-state index < -0.39 is 5.82 Å². The zero-order valence-electron chi connectivity index (χ0n) is 16.1. The van der Waals surface area contributed by atoms with Crippen molar-refractivity contribution in [2.45, 2.75) is 19.4 Å². The molecule has 0 aliphatic carbocycles. The first kappa shape index (κ1) is 20.4. The van der Waals surface area contributed by atoms with Crippen LogP contribution in [0.15, 0.2) is 30.3 Å². The highest BCUT2D eigenvalue weighted by Crippen LogP contribution is 2.39. The van der Waals surface area contributed by atoms with Crippen LogP contribution >= 0.6 is 0 Å². The van der Waals surface area contributed by atoms with Crippen molar-refractivity contribution in [3.8, 4) is 23.0 Å². The smallest absolute Gasteiger partial charge is 0.225 e. The van der Waals surface area contributed by atoms with Crippen LogP contribution in [0, 0.1) is 5.82 Å². The molecule has 0 saturated carbocycles. The fourth-order valence-corrected chi connectivity index (χ4v) is 2.80. The predicted molar refractivity (Wildman–Crippen MR) is 99.3 cm³/mol. The third-order valence-electron chi connectivity index (χ3n) is 4.19. The zero-order chi connectivity index (χ0) is 20.0. The van der Waals surface area contributed by atoms with Gasteiger partial charge in [-0.2, -0.15) is 0 Å². The molecule has 0 aliphatic rings. The molecule has 0 unspecified atom stereocenters. The molecule has 0 spiro atoms. The van der Waals surface area contributed by atoms with Gasteiger partial charge in [0.2, 0.25) is 11.7 Å². The first-order chi connectivity index (χ1) is 12.9. The maximum Gasteiger partial charge on any atom is 0.225 e. The van der Waals surface area contributed by atoms with E-state index in [2.05, 4.69) is 5.32 Å². The minimum Gasteiger partial charge on any atom is -0.494 e. The summed E-state index contributed by atoms with van der Waals surface area (Å²) in [6.45, 7) is 1.78. The lowest BCUT2D eigenvalue weighted by atomic mass is 10.1. The van der Waals surface area contributed by atoms with E-state index in [1.165, 1.54) is 40.6 Å². The molecule has 0 bridgehead atoms. The summed E-state index contributed by atoms with van der Waals surface area (Å²) in [4.78, 5) is 12.5. The lowest BCUT2D eigenvalue weighted by molar-refractivity contribution is -0.121. The highest BCUT2D eigenvalue weighted by molar-refractivity contribution is 5.80. The van der Waals surface area contributed by atoms with Gasteiger partial charge in [-0.25, -0.2) is 4.39 Å². The molecule has 0 heterocycles. The van der Waals surface area contributed by atoms with Gasteiger partial charge in [0.25, 0.3) is 0 Å². The van der Waals surface area contributed by atoms with Crippen LogP contribution in [0.4, 0.5) is 4.39 Å². The molecule has 0 radical (unpaired) electrons. The maximum absolute atomic E-state index is 13.9. The topological polar surface area (TPSA) is 66.0 Å². The third-order valence-corrected chi connectivity index (χ3v) is 4.19. The van der Waals surface area contributed by atoms with Crippen molar-refractivity contribution in [2.75, 3.05) is 28.4 Å². The molecule has 2 rings (SSSR count). The van der Waals surface area contributed by atoms with Gasteiger partial charge in [0.15, 0.2) is 23.1 Å². The van der Waals surface area contributed by atoms with Gasteiger partial charge < -0.3 is 24.3 Å². The first-order valence-corrected chi connectivity index (χ1v) is 8.35. The van der Waals surface area contributed by atoms with Crippen molar-refractivity contribution in [1.29, 1.82) is 0 Å². The van der Waals surface area contributed by atoms with Gasteiger partial charge in [-0.1, -0.05) is 12.1 Å². The predicted octanol–water partition coefficient (Wildman–Crippen LogP) is 3.28. The van der Waals surface area contributed by atoms with Gasteiger partial charge in [-0.3, -0.25) is 4.79 Å². The Hall–Kier alpha value is -2.96. The SMILES string of the molecule is COc1ccc([C@H](C)NC(=O)Cc2ccc(OC)c(OC)c2OC)cc1F.